The number of piperidine rings is 1. The van der Waals surface area contributed by atoms with Crippen molar-refractivity contribution in [3.05, 3.63) is 41.7 Å². The van der Waals surface area contributed by atoms with Crippen molar-refractivity contribution in [3.8, 4) is 11.8 Å². The first-order valence-corrected chi connectivity index (χ1v) is 11.7. The molecule has 1 aromatic carbocycles. The maximum atomic E-state index is 13.1. The number of hydrogen-bond donors (Lipinski definition) is 1. The van der Waals surface area contributed by atoms with Crippen LogP contribution in [0.5, 0.6) is 5.75 Å². The van der Waals surface area contributed by atoms with E-state index in [0.717, 1.165) is 18.7 Å². The van der Waals surface area contributed by atoms with Gasteiger partial charge in [0.2, 0.25) is 16.0 Å². The first-order valence-electron chi connectivity index (χ1n) is 10.2. The van der Waals surface area contributed by atoms with Crippen LogP contribution in [-0.2, 0) is 21.2 Å². The van der Waals surface area contributed by atoms with E-state index in [-0.39, 0.29) is 48.1 Å². The van der Waals surface area contributed by atoms with Gasteiger partial charge in [-0.2, -0.15) is 18.3 Å². The van der Waals surface area contributed by atoms with E-state index in [4.69, 9.17) is 0 Å². The molecular weight excluding hydrogens is 456 g/mol. The van der Waals surface area contributed by atoms with Gasteiger partial charge in [-0.05, 0) is 43.0 Å². The lowest BCUT2D eigenvalue weighted by molar-refractivity contribution is -0.110. The zero-order chi connectivity index (χ0) is 24.0. The third kappa shape index (κ3) is 6.21. The quantitative estimate of drug-likeness (QED) is 0.544. The van der Waals surface area contributed by atoms with Crippen LogP contribution in [0.4, 0.5) is 14.7 Å². The van der Waals surface area contributed by atoms with E-state index in [1.807, 2.05) is 6.07 Å². The second kappa shape index (κ2) is 10.6. The van der Waals surface area contributed by atoms with E-state index in [1.165, 1.54) is 22.5 Å². The predicted octanol–water partition coefficient (Wildman–Crippen LogP) is 2.59. The standard InChI is InChI=1S/C21H23F2N5O4S/c1-14(13-29)8-16-9-19(3-2-15(16)10-24)33(30,31)28-6-4-17(5-7-28)27-21-25-11-18(12-26-21)32-20(22)23/h2-3,9,11-14,17,20H,4-8H2,1H3,(H,25,26,27)/t14-/m0/s1. The van der Waals surface area contributed by atoms with Crippen LogP contribution in [0, 0.1) is 17.2 Å². The monoisotopic (exact) mass is 479 g/mol. The Morgan fingerprint density at radius 1 is 1.30 bits per heavy atom. The van der Waals surface area contributed by atoms with Gasteiger partial charge in [-0.15, -0.1) is 0 Å². The van der Waals surface area contributed by atoms with E-state index >= 15 is 0 Å². The van der Waals surface area contributed by atoms with Crippen molar-refractivity contribution in [3.63, 3.8) is 0 Å². The maximum absolute atomic E-state index is 13.1. The molecule has 0 aliphatic carbocycles. The Hall–Kier alpha value is -3.17. The fourth-order valence-electron chi connectivity index (χ4n) is 3.53. The number of nitriles is 1. The predicted molar refractivity (Wildman–Crippen MR) is 114 cm³/mol. The van der Waals surface area contributed by atoms with E-state index in [1.54, 1.807) is 6.92 Å². The number of nitrogens with zero attached hydrogens (tertiary/aromatic N) is 4. The average molecular weight is 480 g/mol. The molecule has 1 fully saturated rings. The molecular formula is C21H23F2N5O4S. The summed E-state index contributed by atoms with van der Waals surface area (Å²) in [5.74, 6) is -0.255. The number of carbonyl (C=O) groups excluding carboxylic acids is 1. The van der Waals surface area contributed by atoms with Gasteiger partial charge in [-0.3, -0.25) is 0 Å². The zero-order valence-electron chi connectivity index (χ0n) is 17.8. The number of carbonyl (C=O) groups is 1. The number of aldehydes is 1. The molecule has 1 aromatic heterocycles. The largest absolute Gasteiger partial charge is 0.432 e. The average Bonchev–Trinajstić information content (AvgIpc) is 2.80. The molecule has 176 valence electrons. The Morgan fingerprint density at radius 3 is 2.55 bits per heavy atom. The Kier molecular flexibility index (Phi) is 7.88. The number of nitrogens with one attached hydrogen (secondary N) is 1. The highest BCUT2D eigenvalue weighted by Gasteiger charge is 2.30. The third-order valence-electron chi connectivity index (χ3n) is 5.25. The van der Waals surface area contributed by atoms with Crippen molar-refractivity contribution < 1.29 is 26.7 Å². The lowest BCUT2D eigenvalue weighted by atomic mass is 9.98. The summed E-state index contributed by atoms with van der Waals surface area (Å²) in [5, 5.41) is 12.4. The molecule has 33 heavy (non-hydrogen) atoms. The first kappa shape index (κ1) is 24.5. The minimum Gasteiger partial charge on any atom is -0.432 e. The fourth-order valence-corrected chi connectivity index (χ4v) is 5.05. The lowest BCUT2D eigenvalue weighted by Crippen LogP contribution is -2.42. The third-order valence-corrected chi connectivity index (χ3v) is 7.14. The number of hydrogen-bond acceptors (Lipinski definition) is 8. The number of alkyl halides is 2. The Balaban J connectivity index is 1.64. The molecule has 0 amide bonds. The minimum absolute atomic E-state index is 0.0824. The number of benzene rings is 1. The first-order chi connectivity index (χ1) is 15.7. The molecule has 2 aromatic rings. The second-order valence-corrected chi connectivity index (χ2v) is 9.63. The summed E-state index contributed by atoms with van der Waals surface area (Å²) in [6.45, 7) is -0.741. The van der Waals surface area contributed by atoms with Crippen molar-refractivity contribution in [2.45, 2.75) is 43.7 Å². The number of aromatic nitrogens is 2. The van der Waals surface area contributed by atoms with Crippen LogP contribution in [0.2, 0.25) is 0 Å². The second-order valence-electron chi connectivity index (χ2n) is 7.69. The van der Waals surface area contributed by atoms with Gasteiger partial charge in [0.25, 0.3) is 0 Å². The van der Waals surface area contributed by atoms with E-state index in [9.17, 15) is 27.3 Å². The number of rotatable bonds is 9. The molecule has 0 bridgehead atoms. The van der Waals surface area contributed by atoms with E-state index in [2.05, 4.69) is 20.0 Å². The van der Waals surface area contributed by atoms with Crippen LogP contribution in [0.1, 0.15) is 30.9 Å². The smallest absolute Gasteiger partial charge is 0.387 e. The maximum Gasteiger partial charge on any atom is 0.387 e. The molecule has 3 rings (SSSR count). The van der Waals surface area contributed by atoms with Crippen molar-refractivity contribution in [2.75, 3.05) is 18.4 Å². The van der Waals surface area contributed by atoms with E-state index in [0.29, 0.717) is 24.0 Å². The number of anilines is 1. The van der Waals surface area contributed by atoms with Gasteiger partial charge in [0.05, 0.1) is 28.9 Å². The summed E-state index contributed by atoms with van der Waals surface area (Å²) >= 11 is 0. The molecule has 0 unspecified atom stereocenters. The van der Waals surface area contributed by atoms with Gasteiger partial charge in [0.15, 0.2) is 5.75 Å². The van der Waals surface area contributed by atoms with Crippen LogP contribution in [0.15, 0.2) is 35.5 Å². The van der Waals surface area contributed by atoms with Gasteiger partial charge >= 0.3 is 6.61 Å². The summed E-state index contributed by atoms with van der Waals surface area (Å²) in [7, 11) is -3.78. The van der Waals surface area contributed by atoms with Crippen LogP contribution < -0.4 is 10.1 Å². The lowest BCUT2D eigenvalue weighted by Gasteiger charge is -2.31. The molecule has 1 aliphatic rings. The summed E-state index contributed by atoms with van der Waals surface area (Å²) in [6, 6.07) is 6.28. The van der Waals surface area contributed by atoms with E-state index < -0.39 is 16.6 Å². The highest BCUT2D eigenvalue weighted by molar-refractivity contribution is 7.89. The fraction of sp³-hybridized carbons (Fsp3) is 0.429. The highest BCUT2D eigenvalue weighted by Crippen LogP contribution is 2.25. The molecule has 9 nitrogen and oxygen atoms in total. The number of halogens is 2. The molecule has 1 N–H and O–H groups in total. The highest BCUT2D eigenvalue weighted by atomic mass is 32.2. The molecule has 0 radical (unpaired) electrons. The Morgan fingerprint density at radius 2 is 1.97 bits per heavy atom. The van der Waals surface area contributed by atoms with Crippen molar-refractivity contribution >= 4 is 22.3 Å². The van der Waals surface area contributed by atoms with Gasteiger partial charge < -0.3 is 14.8 Å². The van der Waals surface area contributed by atoms with Crippen LogP contribution in [0.3, 0.4) is 0 Å². The summed E-state index contributed by atoms with van der Waals surface area (Å²) in [6.07, 6.45) is 4.29. The summed E-state index contributed by atoms with van der Waals surface area (Å²) in [5.41, 5.74) is 0.863. The molecule has 1 atom stereocenters. The Bertz CT molecular complexity index is 1110. The topological polar surface area (TPSA) is 125 Å². The molecule has 0 spiro atoms. The SMILES string of the molecule is C[C@H](C=O)Cc1cc(S(=O)(=O)N2CCC(Nc3ncc(OC(F)F)cn3)CC2)ccc1C#N. The van der Waals surface area contributed by atoms with Crippen LogP contribution in [-0.4, -0.2) is 54.7 Å². The number of sulfonamides is 1. The molecule has 2 heterocycles. The van der Waals surface area contributed by atoms with Crippen molar-refractivity contribution in [1.29, 1.82) is 5.26 Å². The molecule has 0 saturated carbocycles. The van der Waals surface area contributed by atoms with Gasteiger partial charge in [0, 0.05) is 25.0 Å². The van der Waals surface area contributed by atoms with Crippen LogP contribution in [0.25, 0.3) is 0 Å². The molecule has 12 heteroatoms. The summed E-state index contributed by atoms with van der Waals surface area (Å²) in [4.78, 5) is 18.9. The normalized spacial score (nSPS) is 16.2. The number of ether oxygens (including phenoxy) is 1. The van der Waals surface area contributed by atoms with Crippen molar-refractivity contribution in [1.82, 2.24) is 14.3 Å². The molecule has 1 aliphatic heterocycles. The Labute approximate surface area is 190 Å². The van der Waals surface area contributed by atoms with Crippen LogP contribution >= 0.6 is 0 Å². The molecule has 1 saturated heterocycles. The van der Waals surface area contributed by atoms with Gasteiger partial charge in [0.1, 0.15) is 6.29 Å². The minimum atomic E-state index is -3.78. The van der Waals surface area contributed by atoms with Gasteiger partial charge in [-0.25, -0.2) is 18.4 Å². The summed E-state index contributed by atoms with van der Waals surface area (Å²) < 4.78 is 56.3. The zero-order valence-corrected chi connectivity index (χ0v) is 18.6. The van der Waals surface area contributed by atoms with Crippen molar-refractivity contribution in [2.24, 2.45) is 5.92 Å². The van der Waals surface area contributed by atoms with Gasteiger partial charge in [-0.1, -0.05) is 6.92 Å².